The summed E-state index contributed by atoms with van der Waals surface area (Å²) < 4.78 is 27.6. The number of nitrogens with one attached hydrogen (secondary N) is 1. The lowest BCUT2D eigenvalue weighted by Crippen LogP contribution is -2.42. The Morgan fingerprint density at radius 1 is 1.03 bits per heavy atom. The molecule has 0 spiro atoms. The molecule has 2 unspecified atom stereocenters. The SMILES string of the molecule is CCc1ccccc1NC(=O)CN(C)C(=O)c1ccc(S(=O)(=O)N2CC(C)CC(C)C2)cc1. The van der Waals surface area contributed by atoms with Crippen LogP contribution in [0.2, 0.25) is 0 Å². The van der Waals surface area contributed by atoms with E-state index in [1.807, 2.05) is 31.2 Å². The molecule has 3 rings (SSSR count). The van der Waals surface area contributed by atoms with Crippen LogP contribution in [0.1, 0.15) is 43.1 Å². The molecular weight excluding hydrogens is 438 g/mol. The first-order valence-corrected chi connectivity index (χ1v) is 12.8. The molecule has 33 heavy (non-hydrogen) atoms. The molecule has 0 aromatic heterocycles. The average Bonchev–Trinajstić information content (AvgIpc) is 2.78. The second kappa shape index (κ2) is 10.5. The number of amides is 2. The van der Waals surface area contributed by atoms with Crippen LogP contribution in [0.15, 0.2) is 53.4 Å². The number of piperidine rings is 1. The van der Waals surface area contributed by atoms with Gasteiger partial charge >= 0.3 is 0 Å². The van der Waals surface area contributed by atoms with E-state index in [2.05, 4.69) is 19.2 Å². The minimum atomic E-state index is -3.61. The van der Waals surface area contributed by atoms with Crippen molar-refractivity contribution in [2.24, 2.45) is 11.8 Å². The molecule has 8 heteroatoms. The molecule has 2 aromatic rings. The Hall–Kier alpha value is -2.71. The lowest BCUT2D eigenvalue weighted by atomic mass is 9.94. The smallest absolute Gasteiger partial charge is 0.254 e. The zero-order valence-corrected chi connectivity index (χ0v) is 20.6. The summed E-state index contributed by atoms with van der Waals surface area (Å²) in [6.45, 7) is 7.04. The predicted molar refractivity (Wildman–Crippen MR) is 130 cm³/mol. The van der Waals surface area contributed by atoms with Gasteiger partial charge in [-0.2, -0.15) is 4.31 Å². The fourth-order valence-electron chi connectivity index (χ4n) is 4.37. The first-order valence-electron chi connectivity index (χ1n) is 11.3. The normalized spacial score (nSPS) is 19.2. The molecule has 2 aromatic carbocycles. The summed E-state index contributed by atoms with van der Waals surface area (Å²) in [5.41, 5.74) is 2.09. The average molecular weight is 472 g/mol. The Kier molecular flexibility index (Phi) is 7.92. The van der Waals surface area contributed by atoms with E-state index in [0.29, 0.717) is 30.5 Å². The highest BCUT2D eigenvalue weighted by molar-refractivity contribution is 7.89. The Morgan fingerprint density at radius 2 is 1.64 bits per heavy atom. The van der Waals surface area contributed by atoms with Gasteiger partial charge in [0.2, 0.25) is 15.9 Å². The largest absolute Gasteiger partial charge is 0.332 e. The third kappa shape index (κ3) is 6.00. The van der Waals surface area contributed by atoms with E-state index in [9.17, 15) is 18.0 Å². The van der Waals surface area contributed by atoms with Crippen LogP contribution in [0.25, 0.3) is 0 Å². The van der Waals surface area contributed by atoms with Crippen LogP contribution in [0, 0.1) is 11.8 Å². The molecule has 7 nitrogen and oxygen atoms in total. The van der Waals surface area contributed by atoms with E-state index in [-0.39, 0.29) is 23.3 Å². The zero-order chi connectivity index (χ0) is 24.2. The van der Waals surface area contributed by atoms with Crippen LogP contribution < -0.4 is 5.32 Å². The topological polar surface area (TPSA) is 86.8 Å². The van der Waals surface area contributed by atoms with E-state index in [1.54, 1.807) is 7.05 Å². The van der Waals surface area contributed by atoms with Crippen LogP contribution in [0.4, 0.5) is 5.69 Å². The molecule has 0 aliphatic carbocycles. The summed E-state index contributed by atoms with van der Waals surface area (Å²) in [5, 5.41) is 2.85. The molecule has 0 saturated carbocycles. The van der Waals surface area contributed by atoms with Crippen molar-refractivity contribution in [2.45, 2.75) is 38.5 Å². The van der Waals surface area contributed by atoms with Gasteiger partial charge in [0.25, 0.3) is 5.91 Å². The van der Waals surface area contributed by atoms with Crippen LogP contribution in [-0.4, -0.2) is 56.1 Å². The number of carbonyl (C=O) groups excluding carboxylic acids is 2. The van der Waals surface area contributed by atoms with Crippen LogP contribution in [0.5, 0.6) is 0 Å². The van der Waals surface area contributed by atoms with Crippen LogP contribution in [0.3, 0.4) is 0 Å². The van der Waals surface area contributed by atoms with E-state index >= 15 is 0 Å². The van der Waals surface area contributed by atoms with Gasteiger partial charge in [0, 0.05) is 31.4 Å². The lowest BCUT2D eigenvalue weighted by Gasteiger charge is -2.34. The molecule has 1 heterocycles. The van der Waals surface area contributed by atoms with Gasteiger partial charge in [-0.3, -0.25) is 9.59 Å². The number of hydrogen-bond acceptors (Lipinski definition) is 4. The number of hydrogen-bond donors (Lipinski definition) is 1. The van der Waals surface area contributed by atoms with Gasteiger partial charge in [0.15, 0.2) is 0 Å². The van der Waals surface area contributed by atoms with E-state index < -0.39 is 10.0 Å². The lowest BCUT2D eigenvalue weighted by molar-refractivity contribution is -0.116. The number of benzene rings is 2. The van der Waals surface area contributed by atoms with Gasteiger partial charge in [-0.25, -0.2) is 8.42 Å². The van der Waals surface area contributed by atoms with Crippen molar-refractivity contribution in [1.29, 1.82) is 0 Å². The van der Waals surface area contributed by atoms with Crippen LogP contribution in [-0.2, 0) is 21.2 Å². The summed E-state index contributed by atoms with van der Waals surface area (Å²) in [6.07, 6.45) is 1.80. The summed E-state index contributed by atoms with van der Waals surface area (Å²) in [5.74, 6) is -0.0145. The second-order valence-electron chi connectivity index (χ2n) is 9.01. The maximum absolute atomic E-state index is 13.0. The number of nitrogens with zero attached hydrogens (tertiary/aromatic N) is 2. The molecule has 1 aliphatic rings. The third-order valence-electron chi connectivity index (χ3n) is 5.97. The summed E-state index contributed by atoms with van der Waals surface area (Å²) in [7, 11) is -2.06. The summed E-state index contributed by atoms with van der Waals surface area (Å²) >= 11 is 0. The van der Waals surface area contributed by atoms with Crippen molar-refractivity contribution in [2.75, 3.05) is 32.0 Å². The molecule has 0 bridgehead atoms. The standard InChI is InChI=1S/C25H33N3O4S/c1-5-20-8-6-7-9-23(20)26-24(29)17-27(4)25(30)21-10-12-22(13-11-21)33(31,32)28-15-18(2)14-19(3)16-28/h6-13,18-19H,5,14-17H2,1-4H3,(H,26,29). The van der Waals surface area contributed by atoms with Crippen molar-refractivity contribution in [3.8, 4) is 0 Å². The van der Waals surface area contributed by atoms with Crippen LogP contribution >= 0.6 is 0 Å². The van der Waals surface area contributed by atoms with Crippen molar-refractivity contribution >= 4 is 27.5 Å². The van der Waals surface area contributed by atoms with Crippen molar-refractivity contribution in [3.63, 3.8) is 0 Å². The Balaban J connectivity index is 1.65. The minimum Gasteiger partial charge on any atom is -0.332 e. The highest BCUT2D eigenvalue weighted by Gasteiger charge is 2.31. The number of carbonyl (C=O) groups is 2. The molecular formula is C25H33N3O4S. The van der Waals surface area contributed by atoms with Crippen molar-refractivity contribution < 1.29 is 18.0 Å². The fraction of sp³-hybridized carbons (Fsp3) is 0.440. The maximum Gasteiger partial charge on any atom is 0.254 e. The Bertz CT molecular complexity index is 1090. The summed E-state index contributed by atoms with van der Waals surface area (Å²) in [4.78, 5) is 26.7. The number of sulfonamides is 1. The molecule has 1 fully saturated rings. The molecule has 1 saturated heterocycles. The fourth-order valence-corrected chi connectivity index (χ4v) is 6.05. The molecule has 1 aliphatic heterocycles. The quantitative estimate of drug-likeness (QED) is 0.668. The van der Waals surface area contributed by atoms with Crippen molar-refractivity contribution in [1.82, 2.24) is 9.21 Å². The second-order valence-corrected chi connectivity index (χ2v) is 11.0. The Labute approximate surface area is 196 Å². The number of likely N-dealkylation sites (N-methyl/N-ethyl adjacent to an activating group) is 1. The van der Waals surface area contributed by atoms with E-state index in [0.717, 1.165) is 24.1 Å². The van der Waals surface area contributed by atoms with Gasteiger partial charge < -0.3 is 10.2 Å². The summed E-state index contributed by atoms with van der Waals surface area (Å²) in [6, 6.07) is 13.5. The number of anilines is 1. The first-order chi connectivity index (χ1) is 15.6. The highest BCUT2D eigenvalue weighted by Crippen LogP contribution is 2.27. The number of para-hydroxylation sites is 1. The van der Waals surface area contributed by atoms with Gasteiger partial charge in [0.05, 0.1) is 11.4 Å². The van der Waals surface area contributed by atoms with Gasteiger partial charge in [0.1, 0.15) is 0 Å². The number of rotatable bonds is 7. The molecule has 178 valence electrons. The number of aryl methyl sites for hydroxylation is 1. The zero-order valence-electron chi connectivity index (χ0n) is 19.7. The van der Waals surface area contributed by atoms with E-state index in [1.165, 1.54) is 33.5 Å². The molecule has 0 radical (unpaired) electrons. The van der Waals surface area contributed by atoms with E-state index in [4.69, 9.17) is 0 Å². The molecule has 1 N–H and O–H groups in total. The van der Waals surface area contributed by atoms with Crippen molar-refractivity contribution in [3.05, 3.63) is 59.7 Å². The maximum atomic E-state index is 13.0. The predicted octanol–water partition coefficient (Wildman–Crippen LogP) is 3.63. The third-order valence-corrected chi connectivity index (χ3v) is 7.82. The van der Waals surface area contributed by atoms with Gasteiger partial charge in [-0.1, -0.05) is 39.0 Å². The van der Waals surface area contributed by atoms with Gasteiger partial charge in [-0.05, 0) is 60.6 Å². The molecule has 2 atom stereocenters. The first kappa shape index (κ1) is 24.9. The highest BCUT2D eigenvalue weighted by atomic mass is 32.2. The minimum absolute atomic E-state index is 0.111. The van der Waals surface area contributed by atoms with Gasteiger partial charge in [-0.15, -0.1) is 0 Å². The molecule has 2 amide bonds. The monoisotopic (exact) mass is 471 g/mol. The Morgan fingerprint density at radius 3 is 2.24 bits per heavy atom.